The molecule has 12 heavy (non-hydrogen) atoms. The lowest BCUT2D eigenvalue weighted by atomic mass is 10.1. The minimum atomic E-state index is -0.166. The molecule has 1 rings (SSSR count). The molecule has 0 fully saturated rings. The summed E-state index contributed by atoms with van der Waals surface area (Å²) in [5.41, 5.74) is 1.53. The Morgan fingerprint density at radius 1 is 1.42 bits per heavy atom. The zero-order chi connectivity index (χ0) is 8.97. The minimum Gasteiger partial charge on any atom is -0.207 e. The summed E-state index contributed by atoms with van der Waals surface area (Å²) in [6.07, 6.45) is 5.26. The Kier molecular flexibility index (Phi) is 2.81. The van der Waals surface area contributed by atoms with Crippen LogP contribution in [0.5, 0.6) is 0 Å². The highest BCUT2D eigenvalue weighted by atomic mass is 19.1. The molecular weight excluding hydrogens is 151 g/mol. The third-order valence-electron chi connectivity index (χ3n) is 1.62. The fraction of sp³-hybridized carbons (Fsp3) is 0.0909. The normalized spacial score (nSPS) is 10.5. The van der Waals surface area contributed by atoms with E-state index in [0.717, 1.165) is 5.56 Å². The van der Waals surface area contributed by atoms with E-state index < -0.39 is 0 Å². The highest BCUT2D eigenvalue weighted by molar-refractivity contribution is 5.51. The molecule has 0 saturated heterocycles. The van der Waals surface area contributed by atoms with Gasteiger partial charge in [0.2, 0.25) is 0 Å². The summed E-state index contributed by atoms with van der Waals surface area (Å²) in [4.78, 5) is 0. The van der Waals surface area contributed by atoms with Crippen LogP contribution in [0, 0.1) is 12.7 Å². The maximum Gasteiger partial charge on any atom is 0.126 e. The highest BCUT2D eigenvalue weighted by Crippen LogP contribution is 2.10. The Bertz CT molecular complexity index is 311. The molecular formula is C11H11F. The molecule has 62 valence electrons. The molecule has 0 aliphatic carbocycles. The summed E-state index contributed by atoms with van der Waals surface area (Å²) in [6, 6.07) is 5.14. The van der Waals surface area contributed by atoms with Crippen molar-refractivity contribution in [2.45, 2.75) is 6.92 Å². The molecule has 0 atom stereocenters. The van der Waals surface area contributed by atoms with Crippen LogP contribution in [0.4, 0.5) is 4.39 Å². The first kappa shape index (κ1) is 8.72. The van der Waals surface area contributed by atoms with Crippen LogP contribution in [-0.4, -0.2) is 0 Å². The number of halogens is 1. The largest absolute Gasteiger partial charge is 0.207 e. The molecule has 0 bridgehead atoms. The molecule has 0 radical (unpaired) electrons. The number of hydrogen-bond acceptors (Lipinski definition) is 0. The van der Waals surface area contributed by atoms with Crippen LogP contribution in [0.25, 0.3) is 6.08 Å². The molecule has 1 aromatic rings. The van der Waals surface area contributed by atoms with Crippen molar-refractivity contribution in [1.29, 1.82) is 0 Å². The predicted octanol–water partition coefficient (Wildman–Crippen LogP) is 3.33. The van der Waals surface area contributed by atoms with Crippen molar-refractivity contribution in [3.8, 4) is 0 Å². The number of benzene rings is 1. The van der Waals surface area contributed by atoms with Crippen molar-refractivity contribution in [2.24, 2.45) is 0 Å². The van der Waals surface area contributed by atoms with E-state index in [2.05, 4.69) is 6.58 Å². The van der Waals surface area contributed by atoms with E-state index in [9.17, 15) is 4.39 Å². The summed E-state index contributed by atoms with van der Waals surface area (Å²) in [5.74, 6) is -0.166. The van der Waals surface area contributed by atoms with Crippen LogP contribution in [0.15, 0.2) is 36.9 Å². The zero-order valence-electron chi connectivity index (χ0n) is 7.05. The predicted molar refractivity (Wildman–Crippen MR) is 50.4 cm³/mol. The molecule has 0 spiro atoms. The summed E-state index contributed by atoms with van der Waals surface area (Å²) in [7, 11) is 0. The lowest BCUT2D eigenvalue weighted by molar-refractivity contribution is 0.618. The fourth-order valence-corrected chi connectivity index (χ4v) is 0.892. The van der Waals surface area contributed by atoms with Gasteiger partial charge in [-0.2, -0.15) is 0 Å². The van der Waals surface area contributed by atoms with Crippen molar-refractivity contribution in [3.63, 3.8) is 0 Å². The first-order valence-corrected chi connectivity index (χ1v) is 3.79. The second-order valence-electron chi connectivity index (χ2n) is 2.60. The van der Waals surface area contributed by atoms with Gasteiger partial charge < -0.3 is 0 Å². The lowest BCUT2D eigenvalue weighted by Crippen LogP contribution is -1.81. The first-order valence-electron chi connectivity index (χ1n) is 3.79. The number of hydrogen-bond donors (Lipinski definition) is 0. The Hall–Kier alpha value is -1.37. The maximum atomic E-state index is 12.9. The molecule has 1 heteroatoms. The third-order valence-corrected chi connectivity index (χ3v) is 1.62. The van der Waals surface area contributed by atoms with E-state index in [4.69, 9.17) is 0 Å². The van der Waals surface area contributed by atoms with Gasteiger partial charge in [0.25, 0.3) is 0 Å². The molecule has 0 amide bonds. The van der Waals surface area contributed by atoms with Gasteiger partial charge in [-0.3, -0.25) is 0 Å². The zero-order valence-corrected chi connectivity index (χ0v) is 7.05. The molecule has 0 aliphatic rings. The topological polar surface area (TPSA) is 0 Å². The van der Waals surface area contributed by atoms with Gasteiger partial charge in [-0.05, 0) is 24.1 Å². The molecule has 0 aliphatic heterocycles. The quantitative estimate of drug-likeness (QED) is 0.585. The van der Waals surface area contributed by atoms with Gasteiger partial charge in [0.1, 0.15) is 5.82 Å². The Labute approximate surface area is 72.0 Å². The van der Waals surface area contributed by atoms with Crippen LogP contribution in [-0.2, 0) is 0 Å². The Morgan fingerprint density at radius 2 is 2.17 bits per heavy atom. The third kappa shape index (κ3) is 2.06. The lowest BCUT2D eigenvalue weighted by Gasteiger charge is -1.96. The van der Waals surface area contributed by atoms with Crippen molar-refractivity contribution in [2.75, 3.05) is 0 Å². The van der Waals surface area contributed by atoms with Gasteiger partial charge in [-0.25, -0.2) is 4.39 Å². The minimum absolute atomic E-state index is 0.166. The van der Waals surface area contributed by atoms with E-state index >= 15 is 0 Å². The number of aryl methyl sites for hydroxylation is 1. The van der Waals surface area contributed by atoms with Gasteiger partial charge in [0, 0.05) is 0 Å². The van der Waals surface area contributed by atoms with E-state index in [1.54, 1.807) is 25.1 Å². The van der Waals surface area contributed by atoms with Crippen molar-refractivity contribution >= 4 is 6.08 Å². The van der Waals surface area contributed by atoms with Gasteiger partial charge >= 0.3 is 0 Å². The van der Waals surface area contributed by atoms with E-state index in [1.165, 1.54) is 6.07 Å². The molecule has 0 unspecified atom stereocenters. The van der Waals surface area contributed by atoms with Crippen LogP contribution in [0.3, 0.4) is 0 Å². The van der Waals surface area contributed by atoms with Crippen LogP contribution in [0.2, 0.25) is 0 Å². The highest BCUT2D eigenvalue weighted by Gasteiger charge is 1.95. The second kappa shape index (κ2) is 3.86. The first-order chi connectivity index (χ1) is 5.74. The maximum absolute atomic E-state index is 12.9. The fourth-order valence-electron chi connectivity index (χ4n) is 0.892. The Balaban J connectivity index is 2.96. The van der Waals surface area contributed by atoms with Gasteiger partial charge in [-0.15, -0.1) is 0 Å². The van der Waals surface area contributed by atoms with E-state index in [1.807, 2.05) is 12.1 Å². The molecule has 0 saturated carbocycles. The summed E-state index contributed by atoms with van der Waals surface area (Å²) in [5, 5.41) is 0. The molecule has 0 heterocycles. The van der Waals surface area contributed by atoms with Crippen molar-refractivity contribution in [1.82, 2.24) is 0 Å². The number of allylic oxidation sites excluding steroid dienone is 2. The monoisotopic (exact) mass is 162 g/mol. The van der Waals surface area contributed by atoms with Crippen molar-refractivity contribution < 1.29 is 4.39 Å². The summed E-state index contributed by atoms with van der Waals surface area (Å²) in [6.45, 7) is 5.28. The van der Waals surface area contributed by atoms with Crippen LogP contribution >= 0.6 is 0 Å². The molecule has 0 aromatic heterocycles. The molecule has 0 nitrogen and oxygen atoms in total. The van der Waals surface area contributed by atoms with E-state index in [-0.39, 0.29) is 5.82 Å². The average molecular weight is 162 g/mol. The molecule has 0 N–H and O–H groups in total. The second-order valence-corrected chi connectivity index (χ2v) is 2.60. The summed E-state index contributed by atoms with van der Waals surface area (Å²) < 4.78 is 12.9. The molecule has 1 aromatic carbocycles. The van der Waals surface area contributed by atoms with Crippen LogP contribution < -0.4 is 0 Å². The van der Waals surface area contributed by atoms with Gasteiger partial charge in [0.05, 0.1) is 0 Å². The smallest absolute Gasteiger partial charge is 0.126 e. The van der Waals surface area contributed by atoms with Gasteiger partial charge in [0.15, 0.2) is 0 Å². The standard InChI is InChI=1S/C11H11F/c1-3-4-5-10-7-6-9(2)11(12)8-10/h3-8H,1H2,2H3/b5-4+. The SMILES string of the molecule is C=C/C=C/c1ccc(C)c(F)c1. The average Bonchev–Trinajstić information content (AvgIpc) is 2.07. The Morgan fingerprint density at radius 3 is 2.75 bits per heavy atom. The summed E-state index contributed by atoms with van der Waals surface area (Å²) >= 11 is 0. The van der Waals surface area contributed by atoms with Crippen LogP contribution in [0.1, 0.15) is 11.1 Å². The van der Waals surface area contributed by atoms with E-state index in [0.29, 0.717) is 5.56 Å². The number of rotatable bonds is 2. The van der Waals surface area contributed by atoms with Crippen molar-refractivity contribution in [3.05, 3.63) is 53.9 Å². The van der Waals surface area contributed by atoms with Gasteiger partial charge in [-0.1, -0.05) is 36.9 Å².